The maximum Gasteiger partial charge on any atom is 0.271 e. The summed E-state index contributed by atoms with van der Waals surface area (Å²) in [4.78, 5) is 33.2. The Morgan fingerprint density at radius 3 is 2.09 bits per heavy atom. The molecule has 0 bridgehead atoms. The van der Waals surface area contributed by atoms with Crippen LogP contribution in [0.25, 0.3) is 16.7 Å². The van der Waals surface area contributed by atoms with Crippen molar-refractivity contribution in [3.8, 4) is 0 Å². The summed E-state index contributed by atoms with van der Waals surface area (Å²) in [5, 5.41) is 0.430. The minimum atomic E-state index is -0.182. The van der Waals surface area contributed by atoms with Crippen LogP contribution in [-0.4, -0.2) is 24.8 Å². The van der Waals surface area contributed by atoms with Crippen molar-refractivity contribution in [2.24, 2.45) is 7.05 Å². The van der Waals surface area contributed by atoms with Gasteiger partial charge in [0, 0.05) is 26.3 Å². The third-order valence-electron chi connectivity index (χ3n) is 5.65. The molecule has 0 saturated carbocycles. The molecule has 0 fully saturated rings. The van der Waals surface area contributed by atoms with E-state index < -0.39 is 0 Å². The molecule has 158 valence electrons. The lowest BCUT2D eigenvalue weighted by Gasteiger charge is -2.23. The Morgan fingerprint density at radius 2 is 1.47 bits per heavy atom. The van der Waals surface area contributed by atoms with E-state index in [1.165, 1.54) is 4.40 Å². The second-order valence-corrected chi connectivity index (χ2v) is 7.80. The van der Waals surface area contributed by atoms with Crippen LogP contribution in [0.4, 0.5) is 0 Å². The van der Waals surface area contributed by atoms with Gasteiger partial charge in [0.25, 0.3) is 11.5 Å². The van der Waals surface area contributed by atoms with E-state index >= 15 is 0 Å². The van der Waals surface area contributed by atoms with Crippen molar-refractivity contribution in [2.75, 3.05) is 0 Å². The van der Waals surface area contributed by atoms with Crippen molar-refractivity contribution < 1.29 is 4.79 Å². The quantitative estimate of drug-likeness (QED) is 0.430. The molecule has 0 saturated heterocycles. The van der Waals surface area contributed by atoms with Gasteiger partial charge in [0.1, 0.15) is 17.0 Å². The van der Waals surface area contributed by atoms with Crippen LogP contribution < -0.4 is 5.56 Å². The predicted octanol–water partition coefficient (Wildman–Crippen LogP) is 4.03. The molecule has 3 heterocycles. The Bertz CT molecular complexity index is 1430. The Labute approximate surface area is 185 Å². The third kappa shape index (κ3) is 3.56. The first-order valence-electron chi connectivity index (χ1n) is 10.5. The first kappa shape index (κ1) is 19.8. The van der Waals surface area contributed by atoms with Gasteiger partial charge >= 0.3 is 0 Å². The number of nitrogens with zero attached hydrogens (tertiary/aromatic N) is 4. The summed E-state index contributed by atoms with van der Waals surface area (Å²) >= 11 is 0. The monoisotopic (exact) mass is 422 g/mol. The fraction of sp³-hybridized carbons (Fsp3) is 0.115. The Morgan fingerprint density at radius 1 is 0.875 bits per heavy atom. The van der Waals surface area contributed by atoms with E-state index in [0.717, 1.165) is 11.1 Å². The number of hydrogen-bond acceptors (Lipinski definition) is 3. The van der Waals surface area contributed by atoms with Crippen LogP contribution in [0, 0.1) is 0 Å². The molecular formula is C26H22N4O2. The van der Waals surface area contributed by atoms with Gasteiger partial charge in [0.2, 0.25) is 0 Å². The summed E-state index contributed by atoms with van der Waals surface area (Å²) in [5.74, 6) is -0.147. The molecule has 6 heteroatoms. The zero-order chi connectivity index (χ0) is 22.1. The number of rotatable bonds is 5. The number of pyridine rings is 1. The van der Waals surface area contributed by atoms with Crippen LogP contribution in [0.15, 0.2) is 95.9 Å². The summed E-state index contributed by atoms with van der Waals surface area (Å²) in [5.41, 5.74) is 3.39. The molecule has 3 aromatic heterocycles. The summed E-state index contributed by atoms with van der Waals surface area (Å²) < 4.78 is 3.22. The van der Waals surface area contributed by atoms with E-state index in [-0.39, 0.29) is 11.5 Å². The van der Waals surface area contributed by atoms with Gasteiger partial charge in [-0.3, -0.25) is 14.0 Å². The highest BCUT2D eigenvalue weighted by atomic mass is 16.2. The largest absolute Gasteiger partial charge is 0.329 e. The van der Waals surface area contributed by atoms with Crippen molar-refractivity contribution in [1.82, 2.24) is 18.9 Å². The summed E-state index contributed by atoms with van der Waals surface area (Å²) in [7, 11) is 1.78. The van der Waals surface area contributed by atoms with Crippen LogP contribution >= 0.6 is 0 Å². The molecule has 0 N–H and O–H groups in total. The van der Waals surface area contributed by atoms with E-state index in [1.54, 1.807) is 40.9 Å². The van der Waals surface area contributed by atoms with Gasteiger partial charge in [-0.15, -0.1) is 0 Å². The third-order valence-corrected chi connectivity index (χ3v) is 5.65. The number of aryl methyl sites for hydroxylation is 1. The highest BCUT2D eigenvalue weighted by Gasteiger charge is 2.23. The van der Waals surface area contributed by atoms with Crippen LogP contribution in [0.1, 0.15) is 21.6 Å². The molecule has 0 unspecified atom stereocenters. The number of aromatic nitrogens is 3. The van der Waals surface area contributed by atoms with Gasteiger partial charge in [-0.05, 0) is 29.3 Å². The Hall–Kier alpha value is -4.19. The molecule has 0 aliphatic rings. The number of carbonyl (C=O) groups is 1. The maximum atomic E-state index is 13.7. The van der Waals surface area contributed by atoms with Crippen LogP contribution in [0.2, 0.25) is 0 Å². The van der Waals surface area contributed by atoms with E-state index in [1.807, 2.05) is 66.7 Å². The number of carbonyl (C=O) groups excluding carboxylic acids is 1. The minimum Gasteiger partial charge on any atom is -0.329 e. The van der Waals surface area contributed by atoms with Gasteiger partial charge in [0.15, 0.2) is 0 Å². The molecule has 0 radical (unpaired) electrons. The normalized spacial score (nSPS) is 11.2. The zero-order valence-corrected chi connectivity index (χ0v) is 17.7. The summed E-state index contributed by atoms with van der Waals surface area (Å²) in [6.45, 7) is 0.926. The molecule has 1 amide bonds. The predicted molar refractivity (Wildman–Crippen MR) is 124 cm³/mol. The minimum absolute atomic E-state index is 0.147. The first-order chi connectivity index (χ1) is 15.6. The highest BCUT2D eigenvalue weighted by Crippen LogP contribution is 2.19. The zero-order valence-electron chi connectivity index (χ0n) is 17.7. The number of hydrogen-bond donors (Lipinski definition) is 0. The van der Waals surface area contributed by atoms with E-state index in [9.17, 15) is 9.59 Å². The van der Waals surface area contributed by atoms with Crippen molar-refractivity contribution in [2.45, 2.75) is 13.1 Å². The SMILES string of the molecule is Cn1c(C(=O)N(Cc2ccccc2)Cc2ccccc2)cc2c(=O)n3ccccc3nc21. The van der Waals surface area contributed by atoms with Gasteiger partial charge in [-0.2, -0.15) is 0 Å². The molecule has 5 aromatic rings. The average molecular weight is 422 g/mol. The second-order valence-electron chi connectivity index (χ2n) is 7.80. The van der Waals surface area contributed by atoms with Gasteiger partial charge < -0.3 is 9.47 Å². The first-order valence-corrected chi connectivity index (χ1v) is 10.5. The Kier molecular flexibility index (Phi) is 5.03. The van der Waals surface area contributed by atoms with Crippen LogP contribution in [-0.2, 0) is 20.1 Å². The highest BCUT2D eigenvalue weighted by molar-refractivity contribution is 5.98. The van der Waals surface area contributed by atoms with Gasteiger partial charge in [-0.25, -0.2) is 4.98 Å². The maximum absolute atomic E-state index is 13.7. The molecule has 0 atom stereocenters. The molecule has 0 aliphatic carbocycles. The second kappa shape index (κ2) is 8.15. The molecule has 0 aliphatic heterocycles. The van der Waals surface area contributed by atoms with Crippen molar-refractivity contribution in [3.05, 3.63) is 118 Å². The molecule has 5 rings (SSSR count). The topological polar surface area (TPSA) is 59.6 Å². The molecule has 6 nitrogen and oxygen atoms in total. The average Bonchev–Trinajstić information content (AvgIpc) is 3.16. The lowest BCUT2D eigenvalue weighted by molar-refractivity contribution is 0.0720. The van der Waals surface area contributed by atoms with E-state index in [0.29, 0.717) is 35.5 Å². The van der Waals surface area contributed by atoms with Crippen molar-refractivity contribution in [1.29, 1.82) is 0 Å². The fourth-order valence-electron chi connectivity index (χ4n) is 3.99. The van der Waals surface area contributed by atoms with Crippen molar-refractivity contribution >= 4 is 22.6 Å². The lowest BCUT2D eigenvalue weighted by Crippen LogP contribution is -2.31. The van der Waals surface area contributed by atoms with Crippen molar-refractivity contribution in [3.63, 3.8) is 0 Å². The number of benzene rings is 2. The smallest absolute Gasteiger partial charge is 0.271 e. The molecular weight excluding hydrogens is 400 g/mol. The molecule has 32 heavy (non-hydrogen) atoms. The Balaban J connectivity index is 1.59. The summed E-state index contributed by atoms with van der Waals surface area (Å²) in [6, 6.07) is 26.9. The number of amides is 1. The number of fused-ring (bicyclic) bond motifs is 2. The van der Waals surface area contributed by atoms with Gasteiger partial charge in [-0.1, -0.05) is 66.7 Å². The van der Waals surface area contributed by atoms with Crippen LogP contribution in [0.5, 0.6) is 0 Å². The van der Waals surface area contributed by atoms with E-state index in [2.05, 4.69) is 4.98 Å². The fourth-order valence-corrected chi connectivity index (χ4v) is 3.99. The van der Waals surface area contributed by atoms with Gasteiger partial charge in [0.05, 0.1) is 5.39 Å². The van der Waals surface area contributed by atoms with Crippen LogP contribution in [0.3, 0.4) is 0 Å². The molecule has 0 spiro atoms. The standard InChI is InChI=1S/C26H22N4O2/c1-28-22(16-21-24(28)27-23-14-8-9-15-30(23)25(21)31)26(32)29(17-19-10-4-2-5-11-19)18-20-12-6-3-7-13-20/h2-16H,17-18H2,1H3. The summed E-state index contributed by atoms with van der Waals surface area (Å²) in [6.07, 6.45) is 1.69. The van der Waals surface area contributed by atoms with E-state index in [4.69, 9.17) is 0 Å². The lowest BCUT2D eigenvalue weighted by atomic mass is 10.1. The molecule has 2 aromatic carbocycles.